The van der Waals surface area contributed by atoms with E-state index in [4.69, 9.17) is 14.5 Å². The third kappa shape index (κ3) is 4.93. The Bertz CT molecular complexity index is 2410. The summed E-state index contributed by atoms with van der Waals surface area (Å²) in [7, 11) is 3.28. The molecular weight excluding hydrogens is 615 g/mol. The zero-order valence-electron chi connectivity index (χ0n) is 27.4. The lowest BCUT2D eigenvalue weighted by atomic mass is 9.83. The molecule has 1 aliphatic carbocycles. The average Bonchev–Trinajstić information content (AvgIpc) is 3.59. The zero-order chi connectivity index (χ0) is 32.9. The van der Waals surface area contributed by atoms with Crippen molar-refractivity contribution in [3.8, 4) is 28.3 Å². The van der Waals surface area contributed by atoms with Crippen molar-refractivity contribution in [3.63, 3.8) is 0 Å². The number of thiazole rings is 1. The van der Waals surface area contributed by atoms with Crippen LogP contribution < -0.4 is 24.4 Å². The van der Waals surface area contributed by atoms with E-state index in [1.54, 1.807) is 14.2 Å². The van der Waals surface area contributed by atoms with Crippen molar-refractivity contribution in [1.29, 1.82) is 0 Å². The van der Waals surface area contributed by atoms with E-state index in [2.05, 4.69) is 97.3 Å². The first-order valence-corrected chi connectivity index (χ1v) is 17.0. The van der Waals surface area contributed by atoms with Gasteiger partial charge in [-0.3, -0.25) is 9.36 Å². The number of benzene rings is 4. The number of aryl methyl sites for hydroxylation is 2. The van der Waals surface area contributed by atoms with Crippen molar-refractivity contribution in [2.24, 2.45) is 4.99 Å². The van der Waals surface area contributed by atoms with E-state index >= 15 is 0 Å². The van der Waals surface area contributed by atoms with Crippen LogP contribution in [0, 0.1) is 13.8 Å². The van der Waals surface area contributed by atoms with Crippen molar-refractivity contribution in [1.82, 2.24) is 9.13 Å². The molecule has 1 atom stereocenters. The molecule has 0 radical (unpaired) electrons. The molecule has 0 bridgehead atoms. The van der Waals surface area contributed by atoms with Crippen molar-refractivity contribution in [2.75, 3.05) is 14.2 Å². The molecule has 2 aromatic heterocycles. The number of methoxy groups -OCH3 is 2. The highest BCUT2D eigenvalue weighted by molar-refractivity contribution is 7.07. The Morgan fingerprint density at radius 1 is 0.812 bits per heavy atom. The third-order valence-corrected chi connectivity index (χ3v) is 10.6. The maximum atomic E-state index is 14.4. The van der Waals surface area contributed by atoms with Crippen molar-refractivity contribution in [3.05, 3.63) is 162 Å². The first-order chi connectivity index (χ1) is 23.4. The molecule has 3 heterocycles. The number of nitrogens with zero attached hydrogens (tertiary/aromatic N) is 3. The Balaban J connectivity index is 1.26. The summed E-state index contributed by atoms with van der Waals surface area (Å²) in [5, 5.41) is 0. The molecule has 7 heteroatoms. The van der Waals surface area contributed by atoms with Crippen LogP contribution in [0.4, 0.5) is 0 Å². The summed E-state index contributed by atoms with van der Waals surface area (Å²) < 4.78 is 16.0. The van der Waals surface area contributed by atoms with Gasteiger partial charge in [0.1, 0.15) is 0 Å². The van der Waals surface area contributed by atoms with E-state index in [1.165, 1.54) is 28.0 Å². The van der Waals surface area contributed by atoms with Crippen LogP contribution in [0.15, 0.2) is 118 Å². The number of hydrogen-bond donors (Lipinski definition) is 0. The van der Waals surface area contributed by atoms with E-state index in [0.29, 0.717) is 20.8 Å². The van der Waals surface area contributed by atoms with Gasteiger partial charge in [0, 0.05) is 22.6 Å². The maximum absolute atomic E-state index is 14.4. The van der Waals surface area contributed by atoms with E-state index in [0.717, 1.165) is 57.9 Å². The van der Waals surface area contributed by atoms with Gasteiger partial charge in [0.05, 0.1) is 30.5 Å². The van der Waals surface area contributed by atoms with Gasteiger partial charge in [-0.2, -0.15) is 0 Å². The number of ether oxygens (including phenoxy) is 2. The van der Waals surface area contributed by atoms with Gasteiger partial charge in [-0.1, -0.05) is 84.1 Å². The molecule has 6 aromatic rings. The Labute approximate surface area is 283 Å². The lowest BCUT2D eigenvalue weighted by Gasteiger charge is -2.31. The van der Waals surface area contributed by atoms with Gasteiger partial charge < -0.3 is 14.0 Å². The molecule has 0 saturated carbocycles. The molecule has 0 fully saturated rings. The minimum absolute atomic E-state index is 0.0408. The summed E-state index contributed by atoms with van der Waals surface area (Å²) in [4.78, 5) is 20.3. The van der Waals surface area contributed by atoms with Gasteiger partial charge in [0.25, 0.3) is 5.56 Å². The summed E-state index contributed by atoms with van der Waals surface area (Å²) in [6.45, 7) is 4.22. The lowest BCUT2D eigenvalue weighted by molar-refractivity contribution is 0.354. The standard InChI is InChI=1S/C41H35N3O3S/c1-25-22-31(26(2)43(25)32-18-14-28(15-19-32)27-10-6-5-7-11-27)24-37-40(45)44-39(30-17-21-35(46-3)36(23-30)47-4)34-20-16-29-12-8-9-13-33(29)38(34)42-41(44)48-37/h5-15,17-19,21-24,39H,16,20H2,1-4H3/b37-24-/t39-/m0/s1. The SMILES string of the molecule is COc1ccc([C@H]2C3=C(N=c4s/c(=C\c5cc(C)n(-c6ccc(-c7ccccc7)cc6)c5C)c(=O)n42)c2ccccc2CC3)cc1OC. The number of allylic oxidation sites excluding steroid dienone is 1. The molecule has 48 heavy (non-hydrogen) atoms. The minimum Gasteiger partial charge on any atom is -0.493 e. The van der Waals surface area contributed by atoms with Gasteiger partial charge in [-0.25, -0.2) is 4.99 Å². The third-order valence-electron chi connectivity index (χ3n) is 9.59. The predicted octanol–water partition coefficient (Wildman–Crippen LogP) is 7.41. The molecule has 0 amide bonds. The maximum Gasteiger partial charge on any atom is 0.271 e. The first kappa shape index (κ1) is 30.0. The molecule has 1 aliphatic heterocycles. The van der Waals surface area contributed by atoms with Crippen molar-refractivity contribution < 1.29 is 9.47 Å². The van der Waals surface area contributed by atoms with Crippen LogP contribution in [0.2, 0.25) is 0 Å². The smallest absolute Gasteiger partial charge is 0.271 e. The second-order valence-electron chi connectivity index (χ2n) is 12.3. The summed E-state index contributed by atoms with van der Waals surface area (Å²) >= 11 is 1.45. The molecular formula is C41H35N3O3S. The summed E-state index contributed by atoms with van der Waals surface area (Å²) in [6.07, 6.45) is 3.75. The molecule has 2 aliphatic rings. The van der Waals surface area contributed by atoms with Crippen LogP contribution in [0.3, 0.4) is 0 Å². The summed E-state index contributed by atoms with van der Waals surface area (Å²) in [5.41, 5.74) is 12.1. The summed E-state index contributed by atoms with van der Waals surface area (Å²) in [6, 6.07) is 35.3. The predicted molar refractivity (Wildman–Crippen MR) is 193 cm³/mol. The average molecular weight is 650 g/mol. The molecule has 0 unspecified atom stereocenters. The Morgan fingerprint density at radius 3 is 2.31 bits per heavy atom. The topological polar surface area (TPSA) is 57.8 Å². The van der Waals surface area contributed by atoms with Crippen LogP contribution in [0.25, 0.3) is 28.6 Å². The fourth-order valence-corrected chi connectivity index (χ4v) is 8.24. The van der Waals surface area contributed by atoms with Gasteiger partial charge in [0.15, 0.2) is 16.3 Å². The molecule has 4 aromatic carbocycles. The Kier molecular flexibility index (Phi) is 7.49. The Hall–Kier alpha value is -5.40. The normalized spacial score (nSPS) is 15.4. The molecule has 0 spiro atoms. The molecule has 238 valence electrons. The molecule has 8 rings (SSSR count). The highest BCUT2D eigenvalue weighted by Crippen LogP contribution is 2.43. The zero-order valence-corrected chi connectivity index (χ0v) is 28.2. The number of fused-ring (bicyclic) bond motifs is 3. The van der Waals surface area contributed by atoms with Crippen LogP contribution in [-0.2, 0) is 6.42 Å². The number of aromatic nitrogens is 2. The van der Waals surface area contributed by atoms with Crippen LogP contribution in [-0.4, -0.2) is 23.4 Å². The van der Waals surface area contributed by atoms with Crippen molar-refractivity contribution >= 4 is 23.1 Å². The Morgan fingerprint density at radius 2 is 1.54 bits per heavy atom. The van der Waals surface area contributed by atoms with E-state index < -0.39 is 0 Å². The second-order valence-corrected chi connectivity index (χ2v) is 13.3. The van der Waals surface area contributed by atoms with Gasteiger partial charge in [-0.15, -0.1) is 0 Å². The second kappa shape index (κ2) is 12.0. The lowest BCUT2D eigenvalue weighted by Crippen LogP contribution is -2.38. The number of hydrogen-bond acceptors (Lipinski definition) is 5. The van der Waals surface area contributed by atoms with Crippen molar-refractivity contribution in [2.45, 2.75) is 32.7 Å². The van der Waals surface area contributed by atoms with Gasteiger partial charge in [0.2, 0.25) is 0 Å². The first-order valence-electron chi connectivity index (χ1n) is 16.1. The minimum atomic E-state index is -0.304. The molecule has 6 nitrogen and oxygen atoms in total. The summed E-state index contributed by atoms with van der Waals surface area (Å²) in [5.74, 6) is 1.29. The van der Waals surface area contributed by atoms with Crippen LogP contribution >= 0.6 is 11.3 Å². The number of rotatable bonds is 6. The van der Waals surface area contributed by atoms with Crippen LogP contribution in [0.1, 0.15) is 46.1 Å². The molecule has 0 saturated heterocycles. The highest BCUT2D eigenvalue weighted by Gasteiger charge is 2.33. The van der Waals surface area contributed by atoms with Gasteiger partial charge >= 0.3 is 0 Å². The van der Waals surface area contributed by atoms with Crippen LogP contribution in [0.5, 0.6) is 11.5 Å². The fraction of sp³-hybridized carbons (Fsp3) is 0.171. The molecule has 0 N–H and O–H groups in total. The fourth-order valence-electron chi connectivity index (χ4n) is 7.25. The monoisotopic (exact) mass is 649 g/mol. The highest BCUT2D eigenvalue weighted by atomic mass is 32.1. The van der Waals surface area contributed by atoms with E-state index in [9.17, 15) is 4.79 Å². The van der Waals surface area contributed by atoms with E-state index in [1.807, 2.05) is 34.9 Å². The van der Waals surface area contributed by atoms with Gasteiger partial charge in [-0.05, 0) is 96.5 Å². The van der Waals surface area contributed by atoms with E-state index in [-0.39, 0.29) is 11.6 Å². The largest absolute Gasteiger partial charge is 0.493 e. The quantitative estimate of drug-likeness (QED) is 0.189.